The van der Waals surface area contributed by atoms with Crippen molar-refractivity contribution in [2.45, 2.75) is 20.8 Å². The normalized spacial score (nSPS) is 11.0. The average molecular weight is 330 g/mol. The number of carbonyl (C=O) groups is 1. The fraction of sp³-hybridized carbons (Fsp3) is 0.312. The van der Waals surface area contributed by atoms with Gasteiger partial charge in [0.15, 0.2) is 0 Å². The molecule has 0 fully saturated rings. The highest BCUT2D eigenvalue weighted by Gasteiger charge is 2.18. The highest BCUT2D eigenvalue weighted by atomic mass is 16.6. The van der Waals surface area contributed by atoms with E-state index in [9.17, 15) is 14.9 Å². The van der Waals surface area contributed by atoms with Gasteiger partial charge in [0.1, 0.15) is 6.20 Å². The minimum absolute atomic E-state index is 0.0569. The van der Waals surface area contributed by atoms with Gasteiger partial charge >= 0.3 is 5.97 Å². The summed E-state index contributed by atoms with van der Waals surface area (Å²) in [6.45, 7) is 5.64. The Kier molecular flexibility index (Phi) is 5.08. The first-order chi connectivity index (χ1) is 11.3. The molecule has 2 rings (SSSR count). The van der Waals surface area contributed by atoms with Crippen molar-refractivity contribution in [1.29, 1.82) is 0 Å². The first-order valence-electron chi connectivity index (χ1n) is 7.35. The van der Waals surface area contributed by atoms with Crippen LogP contribution in [0.2, 0.25) is 0 Å². The predicted octanol–water partition coefficient (Wildman–Crippen LogP) is 2.69. The molecule has 2 aromatic rings. The second kappa shape index (κ2) is 7.03. The summed E-state index contributed by atoms with van der Waals surface area (Å²) < 4.78 is 6.71. The Morgan fingerprint density at radius 3 is 2.67 bits per heavy atom. The van der Waals surface area contributed by atoms with E-state index in [2.05, 4.69) is 10.1 Å². The SMILES string of the molecule is CCOC(=O)c1cc([N+](=O)[O-])cnc1/C=C\c1c(C)nn(C)c1C. The number of rotatable bonds is 5. The summed E-state index contributed by atoms with van der Waals surface area (Å²) in [5, 5.41) is 15.2. The maximum atomic E-state index is 12.1. The Balaban J connectivity index is 2.47. The number of pyridine rings is 1. The minimum atomic E-state index is -0.645. The Labute approximate surface area is 138 Å². The quantitative estimate of drug-likeness (QED) is 0.474. The zero-order valence-corrected chi connectivity index (χ0v) is 13.9. The fourth-order valence-corrected chi connectivity index (χ4v) is 2.26. The predicted molar refractivity (Wildman–Crippen MR) is 88.5 cm³/mol. The molecule has 0 unspecified atom stereocenters. The van der Waals surface area contributed by atoms with E-state index in [1.54, 1.807) is 23.8 Å². The standard InChI is InChI=1S/C16H18N4O4/c1-5-24-16(21)14-8-12(20(22)23)9-17-15(14)7-6-13-10(2)18-19(4)11(13)3/h6-9H,5H2,1-4H3/b7-6-. The lowest BCUT2D eigenvalue weighted by molar-refractivity contribution is -0.385. The Morgan fingerprint density at radius 1 is 1.42 bits per heavy atom. The van der Waals surface area contributed by atoms with Crippen molar-refractivity contribution in [3.63, 3.8) is 0 Å². The van der Waals surface area contributed by atoms with Crippen LogP contribution in [0.1, 0.15) is 39.9 Å². The molecule has 0 radical (unpaired) electrons. The van der Waals surface area contributed by atoms with Gasteiger partial charge in [0.2, 0.25) is 0 Å². The van der Waals surface area contributed by atoms with Crippen molar-refractivity contribution >= 4 is 23.8 Å². The molecule has 0 atom stereocenters. The fourth-order valence-electron chi connectivity index (χ4n) is 2.26. The van der Waals surface area contributed by atoms with Crippen LogP contribution < -0.4 is 0 Å². The van der Waals surface area contributed by atoms with Crippen LogP contribution in [0.3, 0.4) is 0 Å². The third-order valence-corrected chi connectivity index (χ3v) is 3.58. The molecule has 0 aliphatic heterocycles. The van der Waals surface area contributed by atoms with Gasteiger partial charge in [0, 0.05) is 24.4 Å². The number of aryl methyl sites for hydroxylation is 2. The maximum absolute atomic E-state index is 12.1. The molecular weight excluding hydrogens is 312 g/mol. The Hall–Kier alpha value is -3.03. The number of hydrogen-bond acceptors (Lipinski definition) is 6. The van der Waals surface area contributed by atoms with Crippen molar-refractivity contribution in [2.75, 3.05) is 6.61 Å². The van der Waals surface area contributed by atoms with Gasteiger partial charge in [-0.2, -0.15) is 5.10 Å². The molecule has 126 valence electrons. The molecule has 0 N–H and O–H groups in total. The molecule has 0 bridgehead atoms. The van der Waals surface area contributed by atoms with Gasteiger partial charge in [0.05, 0.1) is 28.5 Å². The molecule has 0 aromatic carbocycles. The topological polar surface area (TPSA) is 100 Å². The lowest BCUT2D eigenvalue weighted by Gasteiger charge is -2.05. The molecule has 24 heavy (non-hydrogen) atoms. The van der Waals surface area contributed by atoms with Gasteiger partial charge in [-0.1, -0.05) is 0 Å². The van der Waals surface area contributed by atoms with E-state index in [0.717, 1.165) is 23.1 Å². The third kappa shape index (κ3) is 3.48. The van der Waals surface area contributed by atoms with E-state index in [1.165, 1.54) is 6.07 Å². The number of hydrogen-bond donors (Lipinski definition) is 0. The van der Waals surface area contributed by atoms with Crippen LogP contribution in [0.15, 0.2) is 12.3 Å². The highest BCUT2D eigenvalue weighted by Crippen LogP contribution is 2.20. The summed E-state index contributed by atoms with van der Waals surface area (Å²) >= 11 is 0. The van der Waals surface area contributed by atoms with Crippen molar-refractivity contribution < 1.29 is 14.5 Å². The molecule has 8 heteroatoms. The second-order valence-corrected chi connectivity index (χ2v) is 5.15. The highest BCUT2D eigenvalue weighted by molar-refractivity contribution is 5.94. The van der Waals surface area contributed by atoms with Crippen LogP contribution in [-0.2, 0) is 11.8 Å². The summed E-state index contributed by atoms with van der Waals surface area (Å²) in [5.41, 5.74) is 2.81. The molecule has 8 nitrogen and oxygen atoms in total. The number of aromatic nitrogens is 3. The zero-order chi connectivity index (χ0) is 17.9. The summed E-state index contributed by atoms with van der Waals surface area (Å²) in [5.74, 6) is -0.645. The molecule has 0 spiro atoms. The van der Waals surface area contributed by atoms with Gasteiger partial charge in [-0.3, -0.25) is 14.8 Å². The molecule has 0 saturated carbocycles. The van der Waals surface area contributed by atoms with Gasteiger partial charge < -0.3 is 4.74 Å². The van der Waals surface area contributed by atoms with E-state index in [-0.39, 0.29) is 17.9 Å². The van der Waals surface area contributed by atoms with Crippen LogP contribution in [0.25, 0.3) is 12.2 Å². The van der Waals surface area contributed by atoms with Crippen LogP contribution >= 0.6 is 0 Å². The van der Waals surface area contributed by atoms with Crippen molar-refractivity contribution in [1.82, 2.24) is 14.8 Å². The Morgan fingerprint density at radius 2 is 2.12 bits per heavy atom. The first kappa shape index (κ1) is 17.3. The molecule has 0 saturated heterocycles. The molecule has 0 amide bonds. The lowest BCUT2D eigenvalue weighted by Crippen LogP contribution is -2.08. The maximum Gasteiger partial charge on any atom is 0.340 e. The zero-order valence-electron chi connectivity index (χ0n) is 13.9. The largest absolute Gasteiger partial charge is 0.462 e. The van der Waals surface area contributed by atoms with Crippen LogP contribution in [0, 0.1) is 24.0 Å². The van der Waals surface area contributed by atoms with Crippen molar-refractivity contribution in [3.05, 3.63) is 50.6 Å². The van der Waals surface area contributed by atoms with Crippen molar-refractivity contribution in [2.24, 2.45) is 7.05 Å². The Bertz CT molecular complexity index is 824. The third-order valence-electron chi connectivity index (χ3n) is 3.58. The molecular formula is C16H18N4O4. The van der Waals surface area contributed by atoms with E-state index in [0.29, 0.717) is 5.69 Å². The van der Waals surface area contributed by atoms with E-state index in [1.807, 2.05) is 20.9 Å². The smallest absolute Gasteiger partial charge is 0.340 e. The van der Waals surface area contributed by atoms with Gasteiger partial charge in [-0.05, 0) is 32.9 Å². The number of nitro groups is 1. The lowest BCUT2D eigenvalue weighted by atomic mass is 10.1. The van der Waals surface area contributed by atoms with Gasteiger partial charge in [0.25, 0.3) is 5.69 Å². The van der Waals surface area contributed by atoms with E-state index in [4.69, 9.17) is 4.74 Å². The summed E-state index contributed by atoms with van der Waals surface area (Å²) in [6, 6.07) is 1.17. The molecule has 2 heterocycles. The van der Waals surface area contributed by atoms with Gasteiger partial charge in [-0.25, -0.2) is 9.78 Å². The summed E-state index contributed by atoms with van der Waals surface area (Å²) in [4.78, 5) is 26.4. The number of carbonyl (C=O) groups excluding carboxylic acids is 1. The number of esters is 1. The number of nitrogens with zero attached hydrogens (tertiary/aromatic N) is 4. The van der Waals surface area contributed by atoms with Crippen LogP contribution in [0.4, 0.5) is 5.69 Å². The summed E-state index contributed by atoms with van der Waals surface area (Å²) in [7, 11) is 1.84. The monoisotopic (exact) mass is 330 g/mol. The second-order valence-electron chi connectivity index (χ2n) is 5.15. The molecule has 0 aliphatic carbocycles. The van der Waals surface area contributed by atoms with E-state index < -0.39 is 10.9 Å². The summed E-state index contributed by atoms with van der Waals surface area (Å²) in [6.07, 6.45) is 4.53. The van der Waals surface area contributed by atoms with E-state index >= 15 is 0 Å². The average Bonchev–Trinajstić information content (AvgIpc) is 2.78. The molecule has 2 aromatic heterocycles. The van der Waals surface area contributed by atoms with Gasteiger partial charge in [-0.15, -0.1) is 0 Å². The number of ether oxygens (including phenoxy) is 1. The first-order valence-corrected chi connectivity index (χ1v) is 7.35. The minimum Gasteiger partial charge on any atom is -0.462 e. The molecule has 0 aliphatic rings. The van der Waals surface area contributed by atoms with Crippen molar-refractivity contribution in [3.8, 4) is 0 Å². The van der Waals surface area contributed by atoms with Crippen LogP contribution in [-0.4, -0.2) is 32.3 Å². The van der Waals surface area contributed by atoms with Crippen LogP contribution in [0.5, 0.6) is 0 Å².